The quantitative estimate of drug-likeness (QED) is 0.890. The van der Waals surface area contributed by atoms with Gasteiger partial charge in [0.05, 0.1) is 29.9 Å². The van der Waals surface area contributed by atoms with Crippen molar-refractivity contribution in [2.45, 2.75) is 6.42 Å². The third-order valence-corrected chi connectivity index (χ3v) is 3.64. The summed E-state index contributed by atoms with van der Waals surface area (Å²) in [4.78, 5) is 22.8. The van der Waals surface area contributed by atoms with Gasteiger partial charge < -0.3 is 10.5 Å². The van der Waals surface area contributed by atoms with E-state index in [1.807, 2.05) is 24.3 Å². The summed E-state index contributed by atoms with van der Waals surface area (Å²) in [6.45, 7) is 4.16. The number of ether oxygens (including phenoxy) is 1. The molecule has 2 N–H and O–H groups in total. The van der Waals surface area contributed by atoms with Crippen molar-refractivity contribution in [3.63, 3.8) is 0 Å². The number of carbonyl (C=O) groups is 1. The van der Waals surface area contributed by atoms with Crippen LogP contribution in [0, 0.1) is 0 Å². The van der Waals surface area contributed by atoms with Gasteiger partial charge in [-0.3, -0.25) is 9.69 Å². The van der Waals surface area contributed by atoms with Gasteiger partial charge in [0.15, 0.2) is 0 Å². The molecule has 1 amide bonds. The first-order valence-electron chi connectivity index (χ1n) is 7.09. The summed E-state index contributed by atoms with van der Waals surface area (Å²) in [5.74, 6) is -0.523. The van der Waals surface area contributed by atoms with Crippen LogP contribution in [0.5, 0.6) is 0 Å². The van der Waals surface area contributed by atoms with E-state index in [4.69, 9.17) is 10.5 Å². The maximum Gasteiger partial charge on any atom is 0.269 e. The first kappa shape index (κ1) is 13.9. The molecule has 3 rings (SSSR count). The lowest BCUT2D eigenvalue weighted by atomic mass is 10.2. The molecule has 0 aliphatic carbocycles. The lowest BCUT2D eigenvalue weighted by molar-refractivity contribution is 0.0383. The van der Waals surface area contributed by atoms with Gasteiger partial charge in [0, 0.05) is 26.1 Å². The highest BCUT2D eigenvalue weighted by Gasteiger charge is 2.16. The Kier molecular flexibility index (Phi) is 4.08. The predicted octanol–water partition coefficient (Wildman–Crippen LogP) is 0.603. The fourth-order valence-electron chi connectivity index (χ4n) is 2.50. The molecule has 0 spiro atoms. The first-order chi connectivity index (χ1) is 10.2. The molecule has 0 saturated carbocycles. The molecule has 1 fully saturated rings. The van der Waals surface area contributed by atoms with Crippen molar-refractivity contribution >= 4 is 16.9 Å². The van der Waals surface area contributed by atoms with E-state index in [-0.39, 0.29) is 5.69 Å². The summed E-state index contributed by atoms with van der Waals surface area (Å²) < 4.78 is 5.33. The Morgan fingerprint density at radius 3 is 2.52 bits per heavy atom. The van der Waals surface area contributed by atoms with Gasteiger partial charge in [0.25, 0.3) is 5.91 Å². The molecule has 0 atom stereocenters. The zero-order chi connectivity index (χ0) is 14.7. The molecular weight excluding hydrogens is 268 g/mol. The minimum Gasteiger partial charge on any atom is -0.379 e. The van der Waals surface area contributed by atoms with Crippen LogP contribution < -0.4 is 5.73 Å². The van der Waals surface area contributed by atoms with Crippen LogP contribution in [0.25, 0.3) is 11.0 Å². The van der Waals surface area contributed by atoms with E-state index in [9.17, 15) is 4.79 Å². The van der Waals surface area contributed by atoms with Crippen molar-refractivity contribution < 1.29 is 9.53 Å². The van der Waals surface area contributed by atoms with E-state index in [1.165, 1.54) is 0 Å². The van der Waals surface area contributed by atoms with Gasteiger partial charge in [-0.2, -0.15) is 0 Å². The number of carbonyl (C=O) groups excluding carboxylic acids is 1. The molecule has 21 heavy (non-hydrogen) atoms. The number of primary amides is 1. The number of hydrogen-bond acceptors (Lipinski definition) is 5. The summed E-state index contributed by atoms with van der Waals surface area (Å²) >= 11 is 0. The highest BCUT2D eigenvalue weighted by Crippen LogP contribution is 2.13. The van der Waals surface area contributed by atoms with Crippen molar-refractivity contribution in [3.05, 3.63) is 35.7 Å². The summed E-state index contributed by atoms with van der Waals surface area (Å²) in [7, 11) is 0. The van der Waals surface area contributed by atoms with Gasteiger partial charge in [-0.1, -0.05) is 12.1 Å². The third-order valence-electron chi connectivity index (χ3n) is 3.64. The minimum atomic E-state index is -0.523. The van der Waals surface area contributed by atoms with E-state index in [1.54, 1.807) is 0 Å². The van der Waals surface area contributed by atoms with E-state index in [2.05, 4.69) is 14.9 Å². The molecule has 0 bridgehead atoms. The fourth-order valence-corrected chi connectivity index (χ4v) is 2.50. The lowest BCUT2D eigenvalue weighted by Gasteiger charge is -2.26. The molecule has 2 heterocycles. The molecular formula is C15H18N4O2. The number of fused-ring (bicyclic) bond motifs is 1. The molecule has 6 nitrogen and oxygen atoms in total. The Bertz CT molecular complexity index is 653. The van der Waals surface area contributed by atoms with E-state index in [0.717, 1.165) is 38.4 Å². The van der Waals surface area contributed by atoms with Crippen LogP contribution in [0.3, 0.4) is 0 Å². The Morgan fingerprint density at radius 2 is 1.86 bits per heavy atom. The van der Waals surface area contributed by atoms with Crippen molar-refractivity contribution in [1.29, 1.82) is 0 Å². The van der Waals surface area contributed by atoms with Gasteiger partial charge in [-0.05, 0) is 12.1 Å². The average molecular weight is 286 g/mol. The second-order valence-corrected chi connectivity index (χ2v) is 5.08. The highest BCUT2D eigenvalue weighted by molar-refractivity contribution is 5.93. The largest absolute Gasteiger partial charge is 0.379 e. The van der Waals surface area contributed by atoms with Crippen molar-refractivity contribution in [2.24, 2.45) is 5.73 Å². The Morgan fingerprint density at radius 1 is 1.19 bits per heavy atom. The third kappa shape index (κ3) is 3.17. The molecule has 1 aromatic carbocycles. The number of nitrogens with two attached hydrogens (primary N) is 1. The standard InChI is InChI=1S/C15H18N4O2/c16-15(20)14-13(5-6-19-7-9-21-10-8-19)17-11-3-1-2-4-12(11)18-14/h1-4H,5-10H2,(H2,16,20). The number of aromatic nitrogens is 2. The van der Waals surface area contributed by atoms with Crippen LogP contribution >= 0.6 is 0 Å². The van der Waals surface area contributed by atoms with Gasteiger partial charge in [-0.25, -0.2) is 9.97 Å². The normalized spacial score (nSPS) is 16.2. The Hall–Kier alpha value is -2.05. The molecule has 110 valence electrons. The molecule has 0 radical (unpaired) electrons. The number of benzene rings is 1. The molecule has 0 unspecified atom stereocenters. The van der Waals surface area contributed by atoms with Crippen LogP contribution in [0.4, 0.5) is 0 Å². The second kappa shape index (κ2) is 6.15. The molecule has 1 aliphatic heterocycles. The monoisotopic (exact) mass is 286 g/mol. The predicted molar refractivity (Wildman–Crippen MR) is 79.0 cm³/mol. The van der Waals surface area contributed by atoms with Crippen LogP contribution in [0.15, 0.2) is 24.3 Å². The summed E-state index contributed by atoms with van der Waals surface area (Å²) in [5, 5.41) is 0. The van der Waals surface area contributed by atoms with Crippen molar-refractivity contribution in [1.82, 2.24) is 14.9 Å². The van der Waals surface area contributed by atoms with E-state index in [0.29, 0.717) is 17.6 Å². The van der Waals surface area contributed by atoms with Crippen LogP contribution in [-0.2, 0) is 11.2 Å². The molecule has 1 saturated heterocycles. The van der Waals surface area contributed by atoms with Crippen LogP contribution in [-0.4, -0.2) is 53.6 Å². The topological polar surface area (TPSA) is 81.3 Å². The fraction of sp³-hybridized carbons (Fsp3) is 0.400. The summed E-state index contributed by atoms with van der Waals surface area (Å²) in [6.07, 6.45) is 0.663. The zero-order valence-corrected chi connectivity index (χ0v) is 11.8. The lowest BCUT2D eigenvalue weighted by Crippen LogP contribution is -2.37. The van der Waals surface area contributed by atoms with Gasteiger partial charge in [0.2, 0.25) is 0 Å². The maximum atomic E-state index is 11.6. The SMILES string of the molecule is NC(=O)c1nc2ccccc2nc1CCN1CCOCC1. The van der Waals surface area contributed by atoms with Crippen LogP contribution in [0.2, 0.25) is 0 Å². The molecule has 1 aromatic heterocycles. The first-order valence-corrected chi connectivity index (χ1v) is 7.09. The van der Waals surface area contributed by atoms with Crippen LogP contribution in [0.1, 0.15) is 16.2 Å². The Labute approximate surface area is 122 Å². The molecule has 2 aromatic rings. The maximum absolute atomic E-state index is 11.6. The average Bonchev–Trinajstić information content (AvgIpc) is 2.53. The number of amides is 1. The smallest absolute Gasteiger partial charge is 0.269 e. The highest BCUT2D eigenvalue weighted by atomic mass is 16.5. The number of morpholine rings is 1. The van der Waals surface area contributed by atoms with E-state index < -0.39 is 5.91 Å². The van der Waals surface area contributed by atoms with Crippen molar-refractivity contribution in [2.75, 3.05) is 32.8 Å². The molecule has 1 aliphatic rings. The second-order valence-electron chi connectivity index (χ2n) is 5.08. The Balaban J connectivity index is 1.84. The van der Waals surface area contributed by atoms with E-state index >= 15 is 0 Å². The van der Waals surface area contributed by atoms with Gasteiger partial charge in [-0.15, -0.1) is 0 Å². The summed E-state index contributed by atoms with van der Waals surface area (Å²) in [5.41, 5.74) is 7.88. The van der Waals surface area contributed by atoms with Gasteiger partial charge >= 0.3 is 0 Å². The number of hydrogen-bond donors (Lipinski definition) is 1. The number of nitrogens with zero attached hydrogens (tertiary/aromatic N) is 3. The molecule has 6 heteroatoms. The van der Waals surface area contributed by atoms with Gasteiger partial charge in [0.1, 0.15) is 5.69 Å². The number of para-hydroxylation sites is 2. The summed E-state index contributed by atoms with van der Waals surface area (Å²) in [6, 6.07) is 7.51. The minimum absolute atomic E-state index is 0.280. The number of rotatable bonds is 4. The zero-order valence-electron chi connectivity index (χ0n) is 11.8. The van der Waals surface area contributed by atoms with Crippen molar-refractivity contribution in [3.8, 4) is 0 Å².